The summed E-state index contributed by atoms with van der Waals surface area (Å²) in [6.45, 7) is 0.545. The number of nitrogens with two attached hydrogens (primary N) is 1. The van der Waals surface area contributed by atoms with Crippen LogP contribution in [0, 0.1) is 29.6 Å². The Labute approximate surface area is 138 Å². The highest BCUT2D eigenvalue weighted by atomic mass is 35.5. The third kappa shape index (κ3) is 2.77. The Kier molecular flexibility index (Phi) is 4.47. The molecule has 4 bridgehead atoms. The van der Waals surface area contributed by atoms with Crippen LogP contribution in [0.4, 0.5) is 5.69 Å². The van der Waals surface area contributed by atoms with Gasteiger partial charge in [-0.05, 0) is 73.5 Å². The molecule has 22 heavy (non-hydrogen) atoms. The van der Waals surface area contributed by atoms with Gasteiger partial charge in [0.15, 0.2) is 0 Å². The minimum absolute atomic E-state index is 0. The summed E-state index contributed by atoms with van der Waals surface area (Å²) >= 11 is 0. The lowest BCUT2D eigenvalue weighted by Crippen LogP contribution is -2.49. The molecule has 1 aromatic rings. The Bertz CT molecular complexity index is 515. The zero-order chi connectivity index (χ0) is 14.4. The smallest absolute Gasteiger partial charge is 0.228 e. The number of nitrogens with one attached hydrogen (secondary N) is 1. The van der Waals surface area contributed by atoms with Gasteiger partial charge in [-0.15, -0.1) is 12.4 Å². The van der Waals surface area contributed by atoms with Crippen molar-refractivity contribution < 1.29 is 4.79 Å². The van der Waals surface area contributed by atoms with Gasteiger partial charge in [0.1, 0.15) is 0 Å². The zero-order valence-electron chi connectivity index (χ0n) is 12.8. The molecule has 0 unspecified atom stereocenters. The monoisotopic (exact) mass is 320 g/mol. The van der Waals surface area contributed by atoms with E-state index in [1.165, 1.54) is 32.1 Å². The number of carbonyl (C=O) groups excluding carboxylic acids is 1. The number of rotatable bonds is 3. The van der Waals surface area contributed by atoms with Crippen molar-refractivity contribution in [2.45, 2.75) is 38.6 Å². The van der Waals surface area contributed by atoms with Gasteiger partial charge in [-0.1, -0.05) is 12.1 Å². The van der Waals surface area contributed by atoms with E-state index in [9.17, 15) is 4.79 Å². The summed E-state index contributed by atoms with van der Waals surface area (Å²) in [4.78, 5) is 12.7. The molecular weight excluding hydrogens is 296 g/mol. The van der Waals surface area contributed by atoms with Crippen LogP contribution in [0.2, 0.25) is 0 Å². The number of carbonyl (C=O) groups is 1. The zero-order valence-corrected chi connectivity index (χ0v) is 13.6. The van der Waals surface area contributed by atoms with Gasteiger partial charge in [0, 0.05) is 18.2 Å². The van der Waals surface area contributed by atoms with E-state index in [1.54, 1.807) is 0 Å². The summed E-state index contributed by atoms with van der Waals surface area (Å²) in [6.07, 6.45) is 6.59. The van der Waals surface area contributed by atoms with E-state index in [0.29, 0.717) is 18.4 Å². The fourth-order valence-corrected chi connectivity index (χ4v) is 5.30. The molecule has 4 aliphatic rings. The predicted octanol–water partition coefficient (Wildman–Crippen LogP) is 3.58. The first-order chi connectivity index (χ1) is 10.2. The minimum Gasteiger partial charge on any atom is -0.326 e. The first-order valence-corrected chi connectivity index (χ1v) is 8.33. The maximum Gasteiger partial charge on any atom is 0.228 e. The molecule has 0 radical (unpaired) electrons. The Hall–Kier alpha value is -1.06. The Morgan fingerprint density at radius 3 is 2.05 bits per heavy atom. The molecule has 120 valence electrons. The molecule has 4 saturated carbocycles. The van der Waals surface area contributed by atoms with Crippen molar-refractivity contribution in [1.82, 2.24) is 0 Å². The van der Waals surface area contributed by atoms with E-state index in [-0.39, 0.29) is 24.2 Å². The highest BCUT2D eigenvalue weighted by Crippen LogP contribution is 2.56. The molecular formula is C18H25ClN2O. The van der Waals surface area contributed by atoms with Crippen LogP contribution in [0.1, 0.15) is 37.7 Å². The Morgan fingerprint density at radius 1 is 1.00 bits per heavy atom. The molecule has 0 atom stereocenters. The summed E-state index contributed by atoms with van der Waals surface area (Å²) in [7, 11) is 0. The Morgan fingerprint density at radius 2 is 1.55 bits per heavy atom. The summed E-state index contributed by atoms with van der Waals surface area (Å²) in [6, 6.07) is 7.92. The third-order valence-electron chi connectivity index (χ3n) is 5.99. The summed E-state index contributed by atoms with van der Waals surface area (Å²) < 4.78 is 0. The maximum absolute atomic E-state index is 12.7. The molecule has 4 aliphatic carbocycles. The molecule has 0 heterocycles. The van der Waals surface area contributed by atoms with Crippen molar-refractivity contribution in [3.8, 4) is 0 Å². The molecule has 0 saturated heterocycles. The van der Waals surface area contributed by atoms with Gasteiger partial charge >= 0.3 is 0 Å². The number of anilines is 1. The quantitative estimate of drug-likeness (QED) is 0.894. The molecule has 4 heteroatoms. The minimum atomic E-state index is 0. The van der Waals surface area contributed by atoms with Crippen LogP contribution in [-0.4, -0.2) is 5.91 Å². The van der Waals surface area contributed by atoms with Crippen molar-refractivity contribution in [2.24, 2.45) is 35.3 Å². The van der Waals surface area contributed by atoms with E-state index in [2.05, 4.69) is 5.32 Å². The fraction of sp³-hybridized carbons (Fsp3) is 0.611. The predicted molar refractivity (Wildman–Crippen MR) is 90.7 cm³/mol. The second kappa shape index (κ2) is 6.21. The highest BCUT2D eigenvalue weighted by molar-refractivity contribution is 5.93. The molecule has 0 aliphatic heterocycles. The standard InChI is InChI=1S/C18H24N2O.ClH/c19-10-11-1-3-16(4-2-11)20-18(21)17-14-6-12-5-13(8-14)9-15(17)7-12;/h1-4,12-15,17H,5-10,19H2,(H,20,21);1H. The first kappa shape index (κ1) is 15.8. The van der Waals surface area contributed by atoms with E-state index in [0.717, 1.165) is 23.1 Å². The molecule has 4 fully saturated rings. The maximum atomic E-state index is 12.7. The van der Waals surface area contributed by atoms with E-state index < -0.39 is 0 Å². The number of hydrogen-bond donors (Lipinski definition) is 2. The van der Waals surface area contributed by atoms with E-state index >= 15 is 0 Å². The van der Waals surface area contributed by atoms with Crippen LogP contribution < -0.4 is 11.1 Å². The van der Waals surface area contributed by atoms with Crippen molar-refractivity contribution in [2.75, 3.05) is 5.32 Å². The van der Waals surface area contributed by atoms with Gasteiger partial charge in [0.2, 0.25) is 5.91 Å². The average Bonchev–Trinajstić information content (AvgIpc) is 2.47. The fourth-order valence-electron chi connectivity index (χ4n) is 5.30. The lowest BCUT2D eigenvalue weighted by atomic mass is 9.51. The van der Waals surface area contributed by atoms with Crippen LogP contribution in [0.15, 0.2) is 24.3 Å². The summed E-state index contributed by atoms with van der Waals surface area (Å²) in [5, 5.41) is 3.14. The third-order valence-corrected chi connectivity index (χ3v) is 5.99. The number of halogens is 1. The topological polar surface area (TPSA) is 55.1 Å². The molecule has 3 N–H and O–H groups in total. The molecule has 1 aromatic carbocycles. The van der Waals surface area contributed by atoms with Gasteiger partial charge in [0.05, 0.1) is 0 Å². The van der Waals surface area contributed by atoms with Gasteiger partial charge in [-0.2, -0.15) is 0 Å². The largest absolute Gasteiger partial charge is 0.326 e. The average molecular weight is 321 g/mol. The molecule has 3 nitrogen and oxygen atoms in total. The molecule has 0 aromatic heterocycles. The number of hydrogen-bond acceptors (Lipinski definition) is 2. The SMILES string of the molecule is Cl.NCc1ccc(NC(=O)C2C3CC4CC(C3)CC2C4)cc1. The van der Waals surface area contributed by atoms with Crippen LogP contribution >= 0.6 is 12.4 Å². The molecule has 5 rings (SSSR count). The van der Waals surface area contributed by atoms with Crippen molar-refractivity contribution in [3.63, 3.8) is 0 Å². The lowest BCUT2D eigenvalue weighted by Gasteiger charge is -2.53. The second-order valence-electron chi connectivity index (χ2n) is 7.35. The second-order valence-corrected chi connectivity index (χ2v) is 7.35. The van der Waals surface area contributed by atoms with E-state index in [4.69, 9.17) is 5.73 Å². The number of benzene rings is 1. The summed E-state index contributed by atoms with van der Waals surface area (Å²) in [5.74, 6) is 3.63. The van der Waals surface area contributed by atoms with Crippen molar-refractivity contribution >= 4 is 24.0 Å². The Balaban J connectivity index is 0.00000144. The normalized spacial score (nSPS) is 35.0. The van der Waals surface area contributed by atoms with Gasteiger partial charge in [-0.3, -0.25) is 4.79 Å². The summed E-state index contributed by atoms with van der Waals surface area (Å²) in [5.41, 5.74) is 7.62. The molecule has 1 amide bonds. The first-order valence-electron chi connectivity index (χ1n) is 8.33. The highest BCUT2D eigenvalue weighted by Gasteiger charge is 2.50. The van der Waals surface area contributed by atoms with Gasteiger partial charge in [0.25, 0.3) is 0 Å². The van der Waals surface area contributed by atoms with E-state index in [1.807, 2.05) is 24.3 Å². The van der Waals surface area contributed by atoms with Crippen LogP contribution in [0.3, 0.4) is 0 Å². The van der Waals surface area contributed by atoms with Crippen LogP contribution in [-0.2, 0) is 11.3 Å². The van der Waals surface area contributed by atoms with Crippen LogP contribution in [0.5, 0.6) is 0 Å². The molecule has 0 spiro atoms. The lowest BCUT2D eigenvalue weighted by molar-refractivity contribution is -0.132. The number of amides is 1. The van der Waals surface area contributed by atoms with Gasteiger partial charge < -0.3 is 11.1 Å². The van der Waals surface area contributed by atoms with Gasteiger partial charge in [-0.25, -0.2) is 0 Å². The van der Waals surface area contributed by atoms with Crippen molar-refractivity contribution in [3.05, 3.63) is 29.8 Å². The van der Waals surface area contributed by atoms with Crippen LogP contribution in [0.25, 0.3) is 0 Å². The van der Waals surface area contributed by atoms with Crippen molar-refractivity contribution in [1.29, 1.82) is 0 Å².